The van der Waals surface area contributed by atoms with Crippen LogP contribution in [0, 0.1) is 0 Å². The van der Waals surface area contributed by atoms with Crippen LogP contribution in [0.5, 0.6) is 0 Å². The van der Waals surface area contributed by atoms with Crippen molar-refractivity contribution in [3.05, 3.63) is 0 Å². The molecule has 1 atom stereocenters. The smallest absolute Gasteiger partial charge is 0.380 e. The van der Waals surface area contributed by atoms with E-state index in [2.05, 4.69) is 9.78 Å². The molecule has 0 aromatic rings. The van der Waals surface area contributed by atoms with Gasteiger partial charge in [-0.2, -0.15) is 13.2 Å². The van der Waals surface area contributed by atoms with Gasteiger partial charge in [-0.05, 0) is 13.5 Å². The molecule has 9 heteroatoms. The lowest BCUT2D eigenvalue weighted by molar-refractivity contribution is -0.286. The standard InChI is InChI=1S/C9H12F3NO5/c1-13(6-2-3-16-5-6)4-7(14)17-18-8(15)9(10,11)12/h6H,2-5H2,1H3. The zero-order valence-electron chi connectivity index (χ0n) is 9.53. The largest absolute Gasteiger partial charge is 0.495 e. The lowest BCUT2D eigenvalue weighted by Gasteiger charge is -2.20. The molecule has 0 amide bonds. The van der Waals surface area contributed by atoms with Crippen LogP contribution < -0.4 is 0 Å². The Bertz CT molecular complexity index is 314. The molecule has 0 aliphatic carbocycles. The second-order valence-corrected chi connectivity index (χ2v) is 3.76. The van der Waals surface area contributed by atoms with E-state index in [4.69, 9.17) is 4.74 Å². The highest BCUT2D eigenvalue weighted by atomic mass is 19.4. The van der Waals surface area contributed by atoms with Crippen LogP contribution in [0.2, 0.25) is 0 Å². The van der Waals surface area contributed by atoms with Crippen molar-refractivity contribution in [3.63, 3.8) is 0 Å². The van der Waals surface area contributed by atoms with E-state index in [0.29, 0.717) is 19.6 Å². The Morgan fingerprint density at radius 1 is 1.39 bits per heavy atom. The van der Waals surface area contributed by atoms with Gasteiger partial charge >= 0.3 is 18.1 Å². The molecule has 0 radical (unpaired) electrons. The number of alkyl halides is 3. The highest BCUT2D eigenvalue weighted by Crippen LogP contribution is 2.16. The molecule has 1 rings (SSSR count). The van der Waals surface area contributed by atoms with E-state index in [9.17, 15) is 22.8 Å². The minimum absolute atomic E-state index is 0.00383. The predicted molar refractivity (Wildman–Crippen MR) is 50.1 cm³/mol. The second-order valence-electron chi connectivity index (χ2n) is 3.76. The molecular weight excluding hydrogens is 259 g/mol. The third-order valence-electron chi connectivity index (χ3n) is 2.35. The van der Waals surface area contributed by atoms with Crippen LogP contribution in [0.15, 0.2) is 0 Å². The first-order valence-electron chi connectivity index (χ1n) is 5.07. The number of nitrogens with zero attached hydrogens (tertiary/aromatic N) is 1. The molecule has 1 unspecified atom stereocenters. The highest BCUT2D eigenvalue weighted by Gasteiger charge is 2.43. The molecule has 0 bridgehead atoms. The zero-order chi connectivity index (χ0) is 13.8. The summed E-state index contributed by atoms with van der Waals surface area (Å²) in [6.45, 7) is 0.707. The van der Waals surface area contributed by atoms with E-state index in [1.807, 2.05) is 0 Å². The average molecular weight is 271 g/mol. The van der Waals surface area contributed by atoms with E-state index >= 15 is 0 Å². The van der Waals surface area contributed by atoms with Gasteiger partial charge in [-0.1, -0.05) is 0 Å². The van der Waals surface area contributed by atoms with E-state index in [0.717, 1.165) is 0 Å². The van der Waals surface area contributed by atoms with E-state index in [-0.39, 0.29) is 12.6 Å². The van der Waals surface area contributed by atoms with Gasteiger partial charge in [0.25, 0.3) is 0 Å². The molecule has 18 heavy (non-hydrogen) atoms. The molecule has 1 aliphatic rings. The number of carbonyl (C=O) groups is 2. The van der Waals surface area contributed by atoms with Gasteiger partial charge in [0.2, 0.25) is 0 Å². The molecule has 1 heterocycles. The number of halogens is 3. The molecule has 104 valence electrons. The minimum Gasteiger partial charge on any atom is -0.380 e. The van der Waals surface area contributed by atoms with Crippen LogP contribution in [0.1, 0.15) is 6.42 Å². The summed E-state index contributed by atoms with van der Waals surface area (Å²) < 4.78 is 40.2. The van der Waals surface area contributed by atoms with Crippen molar-refractivity contribution in [1.82, 2.24) is 4.90 Å². The minimum atomic E-state index is -5.19. The van der Waals surface area contributed by atoms with Crippen LogP contribution in [-0.4, -0.2) is 55.9 Å². The first-order chi connectivity index (χ1) is 8.30. The molecule has 0 aromatic heterocycles. The Morgan fingerprint density at radius 3 is 2.56 bits per heavy atom. The van der Waals surface area contributed by atoms with Crippen molar-refractivity contribution in [2.45, 2.75) is 18.6 Å². The van der Waals surface area contributed by atoms with E-state index in [1.54, 1.807) is 11.9 Å². The molecule has 6 nitrogen and oxygen atoms in total. The quantitative estimate of drug-likeness (QED) is 0.542. The fourth-order valence-corrected chi connectivity index (χ4v) is 1.36. The second kappa shape index (κ2) is 6.01. The van der Waals surface area contributed by atoms with E-state index in [1.165, 1.54) is 0 Å². The van der Waals surface area contributed by atoms with Crippen LogP contribution in [0.4, 0.5) is 13.2 Å². The van der Waals surface area contributed by atoms with Crippen LogP contribution in [0.25, 0.3) is 0 Å². The molecule has 0 aromatic carbocycles. The van der Waals surface area contributed by atoms with Gasteiger partial charge in [-0.25, -0.2) is 19.4 Å². The van der Waals surface area contributed by atoms with Crippen molar-refractivity contribution < 1.29 is 37.3 Å². The number of rotatable bonds is 3. The van der Waals surface area contributed by atoms with Crippen LogP contribution in [0.3, 0.4) is 0 Å². The number of likely N-dealkylation sites (N-methyl/N-ethyl adjacent to an activating group) is 1. The summed E-state index contributed by atoms with van der Waals surface area (Å²) >= 11 is 0. The van der Waals surface area contributed by atoms with Gasteiger partial charge in [0.15, 0.2) is 0 Å². The summed E-state index contributed by atoms with van der Waals surface area (Å²) in [5, 5.41) is 0. The van der Waals surface area contributed by atoms with Gasteiger partial charge in [0, 0.05) is 12.6 Å². The number of carbonyl (C=O) groups excluding carboxylic acids is 2. The lowest BCUT2D eigenvalue weighted by atomic mass is 10.2. The third kappa shape index (κ3) is 4.49. The molecule has 1 aliphatic heterocycles. The number of hydrogen-bond donors (Lipinski definition) is 0. The normalized spacial score (nSPS) is 19.9. The Morgan fingerprint density at radius 2 is 2.06 bits per heavy atom. The van der Waals surface area contributed by atoms with E-state index < -0.39 is 18.1 Å². The summed E-state index contributed by atoms with van der Waals surface area (Å²) in [6.07, 6.45) is -4.47. The first-order valence-corrected chi connectivity index (χ1v) is 5.07. The van der Waals surface area contributed by atoms with Gasteiger partial charge in [0.05, 0.1) is 6.61 Å². The monoisotopic (exact) mass is 271 g/mol. The lowest BCUT2D eigenvalue weighted by Crippen LogP contribution is -2.37. The summed E-state index contributed by atoms with van der Waals surface area (Å²) in [6, 6.07) is -0.00383. The third-order valence-corrected chi connectivity index (χ3v) is 2.35. The highest BCUT2D eigenvalue weighted by molar-refractivity contribution is 5.77. The SMILES string of the molecule is CN(CC(=O)OOC(=O)C(F)(F)F)C1CCOC1. The van der Waals surface area contributed by atoms with Crippen molar-refractivity contribution in [3.8, 4) is 0 Å². The maximum atomic E-state index is 11.7. The zero-order valence-corrected chi connectivity index (χ0v) is 9.53. The van der Waals surface area contributed by atoms with Gasteiger partial charge in [-0.15, -0.1) is 0 Å². The maximum Gasteiger partial charge on any atom is 0.495 e. The Balaban J connectivity index is 2.27. The number of hydrogen-bond acceptors (Lipinski definition) is 6. The molecule has 0 saturated carbocycles. The van der Waals surface area contributed by atoms with Gasteiger partial charge in [-0.3, -0.25) is 4.90 Å². The molecule has 0 spiro atoms. The van der Waals surface area contributed by atoms with Crippen molar-refractivity contribution in [2.24, 2.45) is 0 Å². The molecule has 0 N–H and O–H groups in total. The van der Waals surface area contributed by atoms with Gasteiger partial charge < -0.3 is 4.74 Å². The maximum absolute atomic E-state index is 11.7. The fraction of sp³-hybridized carbons (Fsp3) is 0.778. The van der Waals surface area contributed by atoms with Crippen molar-refractivity contribution in [1.29, 1.82) is 0 Å². The molecule has 1 saturated heterocycles. The Labute approximate surface area is 101 Å². The van der Waals surface area contributed by atoms with Crippen LogP contribution in [-0.2, 0) is 24.1 Å². The number of ether oxygens (including phenoxy) is 1. The van der Waals surface area contributed by atoms with Crippen molar-refractivity contribution >= 4 is 11.9 Å². The molecule has 1 fully saturated rings. The van der Waals surface area contributed by atoms with Gasteiger partial charge in [0.1, 0.15) is 6.54 Å². The average Bonchev–Trinajstić information content (AvgIpc) is 2.77. The topological polar surface area (TPSA) is 65.1 Å². The predicted octanol–water partition coefficient (Wildman–Crippen LogP) is 0.271. The fourth-order valence-electron chi connectivity index (χ4n) is 1.36. The summed E-state index contributed by atoms with van der Waals surface area (Å²) in [4.78, 5) is 30.0. The van der Waals surface area contributed by atoms with Crippen LogP contribution >= 0.6 is 0 Å². The Hall–Kier alpha value is -1.35. The van der Waals surface area contributed by atoms with Crippen molar-refractivity contribution in [2.75, 3.05) is 26.8 Å². The first kappa shape index (κ1) is 14.7. The summed E-state index contributed by atoms with van der Waals surface area (Å²) in [5.74, 6) is -3.65. The Kier molecular flexibility index (Phi) is 4.91. The summed E-state index contributed by atoms with van der Waals surface area (Å²) in [7, 11) is 1.59. The molecular formula is C9H12F3NO5. The summed E-state index contributed by atoms with van der Waals surface area (Å²) in [5.41, 5.74) is 0.